The van der Waals surface area contributed by atoms with Gasteiger partial charge < -0.3 is 10.1 Å². The van der Waals surface area contributed by atoms with Gasteiger partial charge in [0.2, 0.25) is 5.91 Å². The predicted molar refractivity (Wildman–Crippen MR) is 119 cm³/mol. The summed E-state index contributed by atoms with van der Waals surface area (Å²) in [5.74, 6) is 0.118. The number of fused-ring (bicyclic) bond motifs is 1. The third-order valence-electron chi connectivity index (χ3n) is 4.87. The third kappa shape index (κ3) is 4.95. The van der Waals surface area contributed by atoms with Crippen LogP contribution in [0.4, 0.5) is 18.9 Å². The molecule has 0 aliphatic rings. The first-order chi connectivity index (χ1) is 15.8. The first-order valence-electron chi connectivity index (χ1n) is 9.85. The van der Waals surface area contributed by atoms with Gasteiger partial charge in [-0.05, 0) is 42.3 Å². The van der Waals surface area contributed by atoms with Crippen LogP contribution in [0.3, 0.4) is 0 Å². The molecule has 1 amide bonds. The van der Waals surface area contributed by atoms with E-state index >= 15 is 0 Å². The Morgan fingerprint density at radius 3 is 2.55 bits per heavy atom. The highest BCUT2D eigenvalue weighted by Gasteiger charge is 2.32. The number of thioether (sulfide) groups is 1. The second-order valence-corrected chi connectivity index (χ2v) is 8.30. The van der Waals surface area contributed by atoms with Gasteiger partial charge >= 0.3 is 6.18 Å². The van der Waals surface area contributed by atoms with Gasteiger partial charge in [0.1, 0.15) is 11.0 Å². The lowest BCUT2D eigenvalue weighted by Gasteiger charge is -2.18. The zero-order valence-corrected chi connectivity index (χ0v) is 18.4. The summed E-state index contributed by atoms with van der Waals surface area (Å²) in [4.78, 5) is 13.4. The molecule has 33 heavy (non-hydrogen) atoms. The highest BCUT2D eigenvalue weighted by Crippen LogP contribution is 2.37. The largest absolute Gasteiger partial charge is 0.495 e. The summed E-state index contributed by atoms with van der Waals surface area (Å²) in [5.41, 5.74) is 1.50. The van der Waals surface area contributed by atoms with Crippen molar-refractivity contribution in [3.63, 3.8) is 0 Å². The molecular formula is C23H19F3N4O2S. The summed E-state index contributed by atoms with van der Waals surface area (Å²) in [5, 5.41) is 10.2. The second kappa shape index (κ2) is 9.14. The molecule has 0 aliphatic heterocycles. The summed E-state index contributed by atoms with van der Waals surface area (Å²) in [6.45, 7) is 1.89. The molecule has 1 N–H and O–H groups in total. The van der Waals surface area contributed by atoms with Crippen molar-refractivity contribution in [1.29, 1.82) is 0 Å². The predicted octanol–water partition coefficient (Wildman–Crippen LogP) is 5.54. The fourth-order valence-corrected chi connectivity index (χ4v) is 4.26. The number of aromatic nitrogens is 3. The van der Waals surface area contributed by atoms with Crippen molar-refractivity contribution in [3.05, 3.63) is 83.6 Å². The first-order valence-corrected chi connectivity index (χ1v) is 10.7. The van der Waals surface area contributed by atoms with Gasteiger partial charge in [0.25, 0.3) is 0 Å². The van der Waals surface area contributed by atoms with E-state index in [9.17, 15) is 18.0 Å². The van der Waals surface area contributed by atoms with E-state index in [1.807, 2.05) is 19.1 Å². The van der Waals surface area contributed by atoms with Crippen LogP contribution in [-0.4, -0.2) is 27.6 Å². The van der Waals surface area contributed by atoms with Crippen LogP contribution in [-0.2, 0) is 11.0 Å². The molecule has 6 nitrogen and oxygen atoms in total. The Kier molecular flexibility index (Phi) is 6.28. The van der Waals surface area contributed by atoms with E-state index in [2.05, 4.69) is 15.5 Å². The molecule has 0 saturated carbocycles. The first kappa shape index (κ1) is 22.7. The van der Waals surface area contributed by atoms with Gasteiger partial charge in [0, 0.05) is 6.20 Å². The van der Waals surface area contributed by atoms with Crippen LogP contribution in [0.25, 0.3) is 5.65 Å². The molecule has 0 spiro atoms. The summed E-state index contributed by atoms with van der Waals surface area (Å²) in [6.07, 6.45) is -3.58. The topological polar surface area (TPSA) is 68.5 Å². The number of anilines is 1. The van der Waals surface area contributed by atoms with Crippen LogP contribution in [0, 0.1) is 6.92 Å². The molecule has 1 unspecified atom stereocenters. The summed E-state index contributed by atoms with van der Waals surface area (Å²) < 4.78 is 46.2. The highest BCUT2D eigenvalue weighted by atomic mass is 32.2. The maximum Gasteiger partial charge on any atom is 0.417 e. The zero-order valence-electron chi connectivity index (χ0n) is 17.6. The van der Waals surface area contributed by atoms with Crippen LogP contribution >= 0.6 is 11.8 Å². The molecule has 4 rings (SSSR count). The van der Waals surface area contributed by atoms with Crippen LogP contribution in [0.2, 0.25) is 0 Å². The van der Waals surface area contributed by atoms with E-state index in [-0.39, 0.29) is 16.7 Å². The standard InChI is InChI=1S/C23H19F3N4O2S/c1-14-8-10-18(32-2)17(12-14)27-21(31)20(15-6-4-3-5-7-15)33-22-29-28-19-11-9-16(13-30(19)22)23(24,25)26/h3-13,20H,1-2H3,(H,27,31). The molecule has 10 heteroatoms. The molecule has 0 bridgehead atoms. The van der Waals surface area contributed by atoms with E-state index in [0.717, 1.165) is 29.6 Å². The number of pyridine rings is 1. The third-order valence-corrected chi connectivity index (χ3v) is 6.09. The van der Waals surface area contributed by atoms with E-state index in [1.165, 1.54) is 17.6 Å². The van der Waals surface area contributed by atoms with Gasteiger partial charge in [-0.3, -0.25) is 9.20 Å². The minimum atomic E-state index is -4.52. The van der Waals surface area contributed by atoms with Crippen molar-refractivity contribution in [2.75, 3.05) is 12.4 Å². The monoisotopic (exact) mass is 472 g/mol. The number of alkyl halides is 3. The summed E-state index contributed by atoms with van der Waals surface area (Å²) in [6, 6.07) is 16.5. The summed E-state index contributed by atoms with van der Waals surface area (Å²) >= 11 is 1.01. The number of amides is 1. The zero-order chi connectivity index (χ0) is 23.6. The van der Waals surface area contributed by atoms with Gasteiger partial charge in [-0.25, -0.2) is 0 Å². The lowest BCUT2D eigenvalue weighted by Crippen LogP contribution is -2.20. The van der Waals surface area contributed by atoms with Crippen LogP contribution in [0.5, 0.6) is 5.75 Å². The maximum absolute atomic E-state index is 13.4. The van der Waals surface area contributed by atoms with E-state index in [0.29, 0.717) is 17.0 Å². The molecule has 4 aromatic rings. The molecule has 0 aliphatic carbocycles. The Labute approximate surface area is 191 Å². The molecule has 2 aromatic heterocycles. The number of nitrogens with one attached hydrogen (secondary N) is 1. The van der Waals surface area contributed by atoms with Crippen LogP contribution in [0.15, 0.2) is 72.0 Å². The molecule has 0 fully saturated rings. The highest BCUT2D eigenvalue weighted by molar-refractivity contribution is 8.00. The Morgan fingerprint density at radius 1 is 1.09 bits per heavy atom. The minimum absolute atomic E-state index is 0.163. The number of hydrogen-bond donors (Lipinski definition) is 1. The Morgan fingerprint density at radius 2 is 1.85 bits per heavy atom. The number of nitrogens with zero attached hydrogens (tertiary/aromatic N) is 3. The number of methoxy groups -OCH3 is 1. The lowest BCUT2D eigenvalue weighted by atomic mass is 10.1. The smallest absolute Gasteiger partial charge is 0.417 e. The van der Waals surface area contributed by atoms with Crippen molar-refractivity contribution in [1.82, 2.24) is 14.6 Å². The van der Waals surface area contributed by atoms with Gasteiger partial charge in [-0.15, -0.1) is 10.2 Å². The SMILES string of the molecule is COc1ccc(C)cc1NC(=O)C(Sc1nnc2ccc(C(F)(F)F)cn12)c1ccccc1. The molecule has 170 valence electrons. The van der Waals surface area contributed by atoms with E-state index in [4.69, 9.17) is 4.74 Å². The number of ether oxygens (including phenoxy) is 1. The molecule has 2 aromatic carbocycles. The van der Waals surface area contributed by atoms with Gasteiger partial charge in [0.05, 0.1) is 18.4 Å². The van der Waals surface area contributed by atoms with Crippen molar-refractivity contribution in [2.45, 2.75) is 23.5 Å². The maximum atomic E-state index is 13.4. The Hall–Kier alpha value is -3.53. The van der Waals surface area contributed by atoms with E-state index in [1.54, 1.807) is 36.4 Å². The van der Waals surface area contributed by atoms with Crippen LogP contribution < -0.4 is 10.1 Å². The molecule has 0 saturated heterocycles. The average Bonchev–Trinajstić information content (AvgIpc) is 3.19. The van der Waals surface area contributed by atoms with Gasteiger partial charge in [-0.1, -0.05) is 48.2 Å². The minimum Gasteiger partial charge on any atom is -0.495 e. The number of carbonyl (C=O) groups is 1. The van der Waals surface area contributed by atoms with Gasteiger partial charge in [-0.2, -0.15) is 13.2 Å². The summed E-state index contributed by atoms with van der Waals surface area (Å²) in [7, 11) is 1.50. The Balaban J connectivity index is 1.71. The Bertz CT molecular complexity index is 1290. The number of benzene rings is 2. The normalized spacial score (nSPS) is 12.5. The fraction of sp³-hybridized carbons (Fsp3) is 0.174. The quantitative estimate of drug-likeness (QED) is 0.374. The number of carbonyl (C=O) groups excluding carboxylic acids is 1. The van der Waals surface area contributed by atoms with E-state index < -0.39 is 17.0 Å². The van der Waals surface area contributed by atoms with Crippen molar-refractivity contribution < 1.29 is 22.7 Å². The van der Waals surface area contributed by atoms with Crippen molar-refractivity contribution in [2.24, 2.45) is 0 Å². The van der Waals surface area contributed by atoms with Gasteiger partial charge in [0.15, 0.2) is 10.8 Å². The molecule has 1 atom stereocenters. The number of aryl methyl sites for hydroxylation is 1. The number of hydrogen-bond acceptors (Lipinski definition) is 5. The average molecular weight is 472 g/mol. The molecule has 0 radical (unpaired) electrons. The number of halogens is 3. The van der Waals surface area contributed by atoms with Crippen molar-refractivity contribution >= 4 is 29.0 Å². The second-order valence-electron chi connectivity index (χ2n) is 7.23. The molecular weight excluding hydrogens is 453 g/mol. The fourth-order valence-electron chi connectivity index (χ4n) is 3.24. The van der Waals surface area contributed by atoms with Crippen molar-refractivity contribution in [3.8, 4) is 5.75 Å². The van der Waals surface area contributed by atoms with Crippen LogP contribution in [0.1, 0.15) is 21.9 Å². The molecule has 2 heterocycles. The lowest BCUT2D eigenvalue weighted by molar-refractivity contribution is -0.137. The number of rotatable bonds is 6.